The molecule has 0 radical (unpaired) electrons. The summed E-state index contributed by atoms with van der Waals surface area (Å²) in [6.07, 6.45) is 0.584. The van der Waals surface area contributed by atoms with Crippen LogP contribution in [0.15, 0.2) is 42.5 Å². The van der Waals surface area contributed by atoms with E-state index in [0.29, 0.717) is 6.42 Å². The summed E-state index contributed by atoms with van der Waals surface area (Å²) in [4.78, 5) is 4.54. The highest BCUT2D eigenvalue weighted by Gasteiger charge is 2.12. The Morgan fingerprint density at radius 1 is 1.25 bits per heavy atom. The number of hydrogen-bond acceptors (Lipinski definition) is 3. The molecule has 0 saturated carbocycles. The van der Waals surface area contributed by atoms with Crippen molar-refractivity contribution in [3.63, 3.8) is 0 Å². The van der Waals surface area contributed by atoms with Crippen LogP contribution in [0.2, 0.25) is 5.02 Å². The van der Waals surface area contributed by atoms with E-state index in [2.05, 4.69) is 4.98 Å². The number of fused-ring (bicyclic) bond motifs is 1. The summed E-state index contributed by atoms with van der Waals surface area (Å²) in [6, 6.07) is 12.3. The highest BCUT2D eigenvalue weighted by Crippen LogP contribution is 2.26. The maximum absolute atomic E-state index is 13.4. The van der Waals surface area contributed by atoms with Crippen molar-refractivity contribution in [1.82, 2.24) is 4.98 Å². The molecule has 20 heavy (non-hydrogen) atoms. The first-order valence-electron chi connectivity index (χ1n) is 6.18. The highest BCUT2D eigenvalue weighted by molar-refractivity contribution is 7.18. The number of benzene rings is 2. The summed E-state index contributed by atoms with van der Waals surface area (Å²) in [6.45, 7) is 0. The highest BCUT2D eigenvalue weighted by atomic mass is 35.5. The van der Waals surface area contributed by atoms with Crippen LogP contribution in [0.3, 0.4) is 0 Å². The molecule has 0 fully saturated rings. The summed E-state index contributed by atoms with van der Waals surface area (Å²) in [5.74, 6) is -0.441. The summed E-state index contributed by atoms with van der Waals surface area (Å²) < 4.78 is 14.6. The fourth-order valence-electron chi connectivity index (χ4n) is 2.06. The standard InChI is InChI=1S/C15H12ClFN2S/c16-10-6-5-9(7-11(10)17)12(18)8-15-19-13-3-1-2-4-14(13)20-15/h1-7,12H,8,18H2. The molecule has 3 rings (SSSR count). The second-order valence-electron chi connectivity index (χ2n) is 4.56. The van der Waals surface area contributed by atoms with Crippen LogP contribution in [-0.4, -0.2) is 4.98 Å². The molecule has 1 heterocycles. The van der Waals surface area contributed by atoms with E-state index in [4.69, 9.17) is 17.3 Å². The van der Waals surface area contributed by atoms with E-state index in [1.165, 1.54) is 12.1 Å². The first kappa shape index (κ1) is 13.5. The van der Waals surface area contributed by atoms with Gasteiger partial charge in [0.15, 0.2) is 0 Å². The molecule has 0 amide bonds. The maximum Gasteiger partial charge on any atom is 0.142 e. The van der Waals surface area contributed by atoms with Gasteiger partial charge in [-0.25, -0.2) is 9.37 Å². The zero-order valence-electron chi connectivity index (χ0n) is 10.5. The number of hydrogen-bond donors (Lipinski definition) is 1. The Bertz CT molecular complexity index is 723. The molecular weight excluding hydrogens is 295 g/mol. The summed E-state index contributed by atoms with van der Waals surface area (Å²) in [7, 11) is 0. The zero-order chi connectivity index (χ0) is 14.1. The summed E-state index contributed by atoms with van der Waals surface area (Å²) >= 11 is 7.29. The lowest BCUT2D eigenvalue weighted by atomic mass is 10.1. The van der Waals surface area contributed by atoms with E-state index in [9.17, 15) is 4.39 Å². The van der Waals surface area contributed by atoms with Crippen LogP contribution in [0.5, 0.6) is 0 Å². The Morgan fingerprint density at radius 2 is 2.05 bits per heavy atom. The van der Waals surface area contributed by atoms with Crippen molar-refractivity contribution in [3.05, 3.63) is 63.9 Å². The SMILES string of the molecule is NC(Cc1nc2ccccc2s1)c1ccc(Cl)c(F)c1. The van der Waals surface area contributed by atoms with Crippen LogP contribution in [0.4, 0.5) is 4.39 Å². The second kappa shape index (κ2) is 5.48. The lowest BCUT2D eigenvalue weighted by Gasteiger charge is -2.10. The molecule has 2 aromatic carbocycles. The molecule has 2 nitrogen and oxygen atoms in total. The Labute approximate surface area is 125 Å². The smallest absolute Gasteiger partial charge is 0.142 e. The van der Waals surface area contributed by atoms with Crippen LogP contribution in [0, 0.1) is 5.82 Å². The first-order valence-corrected chi connectivity index (χ1v) is 7.38. The number of thiazole rings is 1. The third-order valence-corrected chi connectivity index (χ3v) is 4.47. The van der Waals surface area contributed by atoms with E-state index < -0.39 is 5.82 Å². The van der Waals surface area contributed by atoms with Gasteiger partial charge in [-0.15, -0.1) is 11.3 Å². The Kier molecular flexibility index (Phi) is 3.70. The fraction of sp³-hybridized carbons (Fsp3) is 0.133. The van der Waals surface area contributed by atoms with E-state index in [0.717, 1.165) is 20.8 Å². The predicted octanol–water partition coefficient (Wildman–Crippen LogP) is 4.33. The molecule has 3 aromatic rings. The molecule has 1 aromatic heterocycles. The lowest BCUT2D eigenvalue weighted by Crippen LogP contribution is -2.13. The van der Waals surface area contributed by atoms with Crippen LogP contribution in [0.1, 0.15) is 16.6 Å². The third-order valence-electron chi connectivity index (χ3n) is 3.10. The quantitative estimate of drug-likeness (QED) is 0.782. The minimum Gasteiger partial charge on any atom is -0.324 e. The van der Waals surface area contributed by atoms with Crippen LogP contribution in [-0.2, 0) is 6.42 Å². The Morgan fingerprint density at radius 3 is 2.80 bits per heavy atom. The molecule has 0 aliphatic heterocycles. The summed E-state index contributed by atoms with van der Waals surface area (Å²) in [5, 5.41) is 1.06. The molecule has 0 spiro atoms. The topological polar surface area (TPSA) is 38.9 Å². The molecule has 1 unspecified atom stereocenters. The fourth-order valence-corrected chi connectivity index (χ4v) is 3.20. The third kappa shape index (κ3) is 2.68. The van der Waals surface area contributed by atoms with Crippen molar-refractivity contribution >= 4 is 33.2 Å². The van der Waals surface area contributed by atoms with Gasteiger partial charge in [-0.05, 0) is 29.8 Å². The van der Waals surface area contributed by atoms with Crippen molar-refractivity contribution in [2.75, 3.05) is 0 Å². The number of para-hydroxylation sites is 1. The van der Waals surface area contributed by atoms with Crippen molar-refractivity contribution < 1.29 is 4.39 Å². The van der Waals surface area contributed by atoms with Crippen LogP contribution < -0.4 is 5.73 Å². The van der Waals surface area contributed by atoms with Gasteiger partial charge in [0.25, 0.3) is 0 Å². The minimum absolute atomic E-state index is 0.112. The van der Waals surface area contributed by atoms with Gasteiger partial charge in [-0.1, -0.05) is 29.8 Å². The first-order chi connectivity index (χ1) is 9.63. The van der Waals surface area contributed by atoms with E-state index >= 15 is 0 Å². The average molecular weight is 307 g/mol. The Balaban J connectivity index is 1.84. The predicted molar refractivity (Wildman–Crippen MR) is 81.7 cm³/mol. The average Bonchev–Trinajstić information content (AvgIpc) is 2.83. The normalized spacial score (nSPS) is 12.8. The van der Waals surface area contributed by atoms with E-state index in [1.807, 2.05) is 24.3 Å². The molecule has 0 aliphatic carbocycles. The number of halogens is 2. The van der Waals surface area contributed by atoms with Crippen LogP contribution in [0.25, 0.3) is 10.2 Å². The van der Waals surface area contributed by atoms with E-state index in [1.54, 1.807) is 17.4 Å². The van der Waals surface area contributed by atoms with Gasteiger partial charge in [0.1, 0.15) is 5.82 Å². The number of nitrogens with two attached hydrogens (primary N) is 1. The number of nitrogens with zero attached hydrogens (tertiary/aromatic N) is 1. The molecular formula is C15H12ClFN2S. The zero-order valence-corrected chi connectivity index (χ0v) is 12.1. The monoisotopic (exact) mass is 306 g/mol. The second-order valence-corrected chi connectivity index (χ2v) is 6.08. The van der Waals surface area contributed by atoms with Gasteiger partial charge in [0, 0.05) is 12.5 Å². The maximum atomic E-state index is 13.4. The van der Waals surface area contributed by atoms with Crippen molar-refractivity contribution in [2.24, 2.45) is 5.73 Å². The molecule has 5 heteroatoms. The van der Waals surface area contributed by atoms with Gasteiger partial charge in [-0.3, -0.25) is 0 Å². The molecule has 2 N–H and O–H groups in total. The Hall–Kier alpha value is -1.49. The van der Waals surface area contributed by atoms with Gasteiger partial charge in [0.2, 0.25) is 0 Å². The minimum atomic E-state index is -0.441. The lowest BCUT2D eigenvalue weighted by molar-refractivity contribution is 0.619. The van der Waals surface area contributed by atoms with Crippen molar-refractivity contribution in [3.8, 4) is 0 Å². The molecule has 102 valence electrons. The number of aromatic nitrogens is 1. The van der Waals surface area contributed by atoms with Gasteiger partial charge < -0.3 is 5.73 Å². The molecule has 0 aliphatic rings. The molecule has 1 atom stereocenters. The molecule has 0 saturated heterocycles. The van der Waals surface area contributed by atoms with Crippen molar-refractivity contribution in [1.29, 1.82) is 0 Å². The van der Waals surface area contributed by atoms with E-state index in [-0.39, 0.29) is 11.1 Å². The summed E-state index contributed by atoms with van der Waals surface area (Å²) in [5.41, 5.74) is 7.83. The number of rotatable bonds is 3. The van der Waals surface area contributed by atoms with Crippen LogP contribution >= 0.6 is 22.9 Å². The largest absolute Gasteiger partial charge is 0.324 e. The van der Waals surface area contributed by atoms with Gasteiger partial charge >= 0.3 is 0 Å². The molecule has 0 bridgehead atoms. The van der Waals surface area contributed by atoms with Gasteiger partial charge in [0.05, 0.1) is 20.2 Å². The van der Waals surface area contributed by atoms with Gasteiger partial charge in [-0.2, -0.15) is 0 Å². The van der Waals surface area contributed by atoms with Crippen molar-refractivity contribution in [2.45, 2.75) is 12.5 Å².